The van der Waals surface area contributed by atoms with Crippen LogP contribution in [0.4, 0.5) is 0 Å². The van der Waals surface area contributed by atoms with Crippen LogP contribution in [0.2, 0.25) is 0 Å². The van der Waals surface area contributed by atoms with Gasteiger partial charge in [-0.2, -0.15) is 5.26 Å². The number of aromatic nitrogens is 1. The number of nitrogens with zero attached hydrogens (tertiary/aromatic N) is 2. The molecular formula is C21H17BrN2O2S. The number of pyridine rings is 1. The van der Waals surface area contributed by atoms with E-state index in [-0.39, 0.29) is 0 Å². The average Bonchev–Trinajstić information content (AvgIpc) is 2.72. The van der Waals surface area contributed by atoms with E-state index in [4.69, 9.17) is 14.5 Å². The molecule has 0 aliphatic carbocycles. The van der Waals surface area contributed by atoms with Gasteiger partial charge in [0.25, 0.3) is 0 Å². The predicted octanol–water partition coefficient (Wildman–Crippen LogP) is 5.79. The van der Waals surface area contributed by atoms with Crippen molar-refractivity contribution in [3.8, 4) is 40.0 Å². The van der Waals surface area contributed by atoms with E-state index >= 15 is 0 Å². The Morgan fingerprint density at radius 1 is 0.963 bits per heavy atom. The lowest BCUT2D eigenvalue weighted by atomic mass is 9.99. The summed E-state index contributed by atoms with van der Waals surface area (Å²) in [6.45, 7) is 0. The first-order chi connectivity index (χ1) is 13.1. The van der Waals surface area contributed by atoms with Crippen LogP contribution < -0.4 is 9.47 Å². The molecule has 27 heavy (non-hydrogen) atoms. The largest absolute Gasteiger partial charge is 0.493 e. The molecule has 6 heteroatoms. The standard InChI is InChI=1S/C21H17BrN2O2S/c1-25-19-9-6-14(10-20(19)26-2)16-11-18(13-4-7-15(22)8-5-13)24-21(27-3)17(16)12-23/h4-11H,1-3H3. The Bertz CT molecular complexity index is 1010. The second kappa shape index (κ2) is 8.47. The third-order valence-corrected chi connectivity index (χ3v) is 5.34. The van der Waals surface area contributed by atoms with Gasteiger partial charge in [0.1, 0.15) is 11.1 Å². The monoisotopic (exact) mass is 440 g/mol. The Balaban J connectivity index is 2.23. The van der Waals surface area contributed by atoms with E-state index in [9.17, 15) is 5.26 Å². The van der Waals surface area contributed by atoms with Crippen molar-refractivity contribution in [2.24, 2.45) is 0 Å². The maximum absolute atomic E-state index is 9.75. The number of ether oxygens (including phenoxy) is 2. The van der Waals surface area contributed by atoms with Crippen LogP contribution in [0.1, 0.15) is 5.56 Å². The molecule has 0 radical (unpaired) electrons. The first-order valence-corrected chi connectivity index (χ1v) is 10.1. The van der Waals surface area contributed by atoms with Crippen LogP contribution in [-0.2, 0) is 0 Å². The van der Waals surface area contributed by atoms with Crippen LogP contribution in [0, 0.1) is 11.3 Å². The third kappa shape index (κ3) is 3.95. The number of hydrogen-bond acceptors (Lipinski definition) is 5. The van der Waals surface area contributed by atoms with E-state index in [0.29, 0.717) is 22.1 Å². The molecule has 1 heterocycles. The summed E-state index contributed by atoms with van der Waals surface area (Å²) in [6.07, 6.45) is 1.92. The van der Waals surface area contributed by atoms with Gasteiger partial charge in [-0.3, -0.25) is 0 Å². The Morgan fingerprint density at radius 2 is 1.63 bits per heavy atom. The first kappa shape index (κ1) is 19.3. The summed E-state index contributed by atoms with van der Waals surface area (Å²) in [7, 11) is 3.20. The van der Waals surface area contributed by atoms with Crippen molar-refractivity contribution in [1.82, 2.24) is 4.98 Å². The van der Waals surface area contributed by atoms with Gasteiger partial charge in [0.15, 0.2) is 11.5 Å². The number of benzene rings is 2. The normalized spacial score (nSPS) is 10.3. The molecule has 4 nitrogen and oxygen atoms in total. The van der Waals surface area contributed by atoms with E-state index in [1.165, 1.54) is 11.8 Å². The maximum Gasteiger partial charge on any atom is 0.161 e. The molecule has 0 atom stereocenters. The molecule has 3 rings (SSSR count). The molecule has 0 bridgehead atoms. The molecule has 0 spiro atoms. The van der Waals surface area contributed by atoms with Gasteiger partial charge in [-0.05, 0) is 42.2 Å². The summed E-state index contributed by atoms with van der Waals surface area (Å²) >= 11 is 4.92. The fraction of sp³-hybridized carbons (Fsp3) is 0.143. The van der Waals surface area contributed by atoms with E-state index in [1.807, 2.05) is 54.8 Å². The third-order valence-electron chi connectivity index (χ3n) is 4.13. The van der Waals surface area contributed by atoms with E-state index in [0.717, 1.165) is 26.9 Å². The number of halogens is 1. The summed E-state index contributed by atoms with van der Waals surface area (Å²) in [5, 5.41) is 10.4. The lowest BCUT2D eigenvalue weighted by molar-refractivity contribution is 0.355. The minimum atomic E-state index is 0.551. The zero-order valence-electron chi connectivity index (χ0n) is 15.1. The Morgan fingerprint density at radius 3 is 2.22 bits per heavy atom. The summed E-state index contributed by atoms with van der Waals surface area (Å²) < 4.78 is 11.7. The number of methoxy groups -OCH3 is 2. The van der Waals surface area contributed by atoms with Gasteiger partial charge in [-0.15, -0.1) is 11.8 Å². The van der Waals surface area contributed by atoms with Crippen molar-refractivity contribution >= 4 is 27.7 Å². The minimum absolute atomic E-state index is 0.551. The van der Waals surface area contributed by atoms with Crippen molar-refractivity contribution < 1.29 is 9.47 Å². The number of hydrogen-bond donors (Lipinski definition) is 0. The molecule has 3 aromatic rings. The van der Waals surface area contributed by atoms with E-state index in [2.05, 4.69) is 22.0 Å². The highest BCUT2D eigenvalue weighted by atomic mass is 79.9. The van der Waals surface area contributed by atoms with Gasteiger partial charge in [-0.1, -0.05) is 34.1 Å². The van der Waals surface area contributed by atoms with Gasteiger partial charge in [0, 0.05) is 15.6 Å². The van der Waals surface area contributed by atoms with Crippen molar-refractivity contribution in [2.75, 3.05) is 20.5 Å². The van der Waals surface area contributed by atoms with Crippen LogP contribution in [-0.4, -0.2) is 25.5 Å². The average molecular weight is 441 g/mol. The van der Waals surface area contributed by atoms with Gasteiger partial charge >= 0.3 is 0 Å². The fourth-order valence-electron chi connectivity index (χ4n) is 2.78. The summed E-state index contributed by atoms with van der Waals surface area (Å²) in [4.78, 5) is 4.69. The molecule has 1 aromatic heterocycles. The van der Waals surface area contributed by atoms with Gasteiger partial charge in [-0.25, -0.2) is 4.98 Å². The summed E-state index contributed by atoms with van der Waals surface area (Å²) in [5.41, 5.74) is 4.04. The molecule has 0 unspecified atom stereocenters. The molecule has 0 aliphatic rings. The highest BCUT2D eigenvalue weighted by molar-refractivity contribution is 9.10. The molecule has 0 saturated carbocycles. The van der Waals surface area contributed by atoms with Crippen LogP contribution >= 0.6 is 27.7 Å². The van der Waals surface area contributed by atoms with Crippen molar-refractivity contribution in [1.29, 1.82) is 5.26 Å². The van der Waals surface area contributed by atoms with Crippen molar-refractivity contribution in [3.05, 3.63) is 58.6 Å². The molecule has 2 aromatic carbocycles. The number of rotatable bonds is 5. The summed E-state index contributed by atoms with van der Waals surface area (Å²) in [5.74, 6) is 1.26. The number of thioether (sulfide) groups is 1. The smallest absolute Gasteiger partial charge is 0.161 e. The fourth-order valence-corrected chi connectivity index (χ4v) is 3.59. The predicted molar refractivity (Wildman–Crippen MR) is 112 cm³/mol. The Hall–Kier alpha value is -2.49. The maximum atomic E-state index is 9.75. The van der Waals surface area contributed by atoms with Gasteiger partial charge in [0.05, 0.1) is 25.5 Å². The van der Waals surface area contributed by atoms with Crippen molar-refractivity contribution in [2.45, 2.75) is 5.03 Å². The Kier molecular flexibility index (Phi) is 6.04. The Labute approximate surface area is 171 Å². The molecule has 0 saturated heterocycles. The number of nitriles is 1. The SMILES string of the molecule is COc1ccc(-c2cc(-c3ccc(Br)cc3)nc(SC)c2C#N)cc1OC. The molecule has 136 valence electrons. The highest BCUT2D eigenvalue weighted by Gasteiger charge is 2.16. The van der Waals surface area contributed by atoms with Crippen LogP contribution in [0.25, 0.3) is 22.4 Å². The van der Waals surface area contributed by atoms with Gasteiger partial charge in [0.2, 0.25) is 0 Å². The highest BCUT2D eigenvalue weighted by Crippen LogP contribution is 2.37. The van der Waals surface area contributed by atoms with Crippen LogP contribution in [0.5, 0.6) is 11.5 Å². The molecular weight excluding hydrogens is 424 g/mol. The lowest BCUT2D eigenvalue weighted by Gasteiger charge is -2.14. The molecule has 0 aliphatic heterocycles. The van der Waals surface area contributed by atoms with Crippen LogP contribution in [0.3, 0.4) is 0 Å². The molecule has 0 fully saturated rings. The van der Waals surface area contributed by atoms with Gasteiger partial charge < -0.3 is 9.47 Å². The second-order valence-corrected chi connectivity index (χ2v) is 7.34. The topological polar surface area (TPSA) is 55.1 Å². The lowest BCUT2D eigenvalue weighted by Crippen LogP contribution is -1.96. The van der Waals surface area contributed by atoms with Crippen molar-refractivity contribution in [3.63, 3.8) is 0 Å². The van der Waals surface area contributed by atoms with E-state index < -0.39 is 0 Å². The second-order valence-electron chi connectivity index (χ2n) is 5.63. The summed E-state index contributed by atoms with van der Waals surface area (Å²) in [6, 6.07) is 17.9. The minimum Gasteiger partial charge on any atom is -0.493 e. The quantitative estimate of drug-likeness (QED) is 0.469. The molecule has 0 amide bonds. The molecule has 0 N–H and O–H groups in total. The van der Waals surface area contributed by atoms with Crippen LogP contribution in [0.15, 0.2) is 58.0 Å². The zero-order valence-corrected chi connectivity index (χ0v) is 17.5. The zero-order chi connectivity index (χ0) is 19.4. The van der Waals surface area contributed by atoms with E-state index in [1.54, 1.807) is 14.2 Å². The first-order valence-electron chi connectivity index (χ1n) is 8.08.